The number of benzene rings is 2. The van der Waals surface area contributed by atoms with Crippen LogP contribution in [0.2, 0.25) is 0 Å². The predicted molar refractivity (Wildman–Crippen MR) is 136 cm³/mol. The SMILES string of the molecule is CCCCCc1ccc(C(=O)N2CCCN(c3nc(Cc4ccc(C)cc4)ns3)CC2)cc1. The molecule has 1 saturated heterocycles. The van der Waals surface area contributed by atoms with Crippen LogP contribution < -0.4 is 4.90 Å². The van der Waals surface area contributed by atoms with Gasteiger partial charge < -0.3 is 9.80 Å². The first-order chi connectivity index (χ1) is 16.1. The summed E-state index contributed by atoms with van der Waals surface area (Å²) in [6.45, 7) is 7.51. The molecule has 0 bridgehead atoms. The molecule has 174 valence electrons. The van der Waals surface area contributed by atoms with Crippen LogP contribution in [0, 0.1) is 6.92 Å². The van der Waals surface area contributed by atoms with Crippen molar-refractivity contribution in [2.24, 2.45) is 0 Å². The Morgan fingerprint density at radius 1 is 0.939 bits per heavy atom. The van der Waals surface area contributed by atoms with Gasteiger partial charge in [0.25, 0.3) is 5.91 Å². The largest absolute Gasteiger partial charge is 0.345 e. The van der Waals surface area contributed by atoms with Crippen molar-refractivity contribution < 1.29 is 4.79 Å². The molecule has 1 aromatic heterocycles. The fourth-order valence-corrected chi connectivity index (χ4v) is 4.96. The number of carbonyl (C=O) groups is 1. The Kier molecular flexibility index (Phi) is 8.10. The summed E-state index contributed by atoms with van der Waals surface area (Å²) in [5, 5.41) is 0.961. The molecule has 1 aliphatic rings. The number of hydrogen-bond donors (Lipinski definition) is 0. The van der Waals surface area contributed by atoms with Gasteiger partial charge >= 0.3 is 0 Å². The van der Waals surface area contributed by atoms with Crippen LogP contribution >= 0.6 is 11.5 Å². The minimum atomic E-state index is 0.134. The van der Waals surface area contributed by atoms with Crippen LogP contribution in [0.3, 0.4) is 0 Å². The van der Waals surface area contributed by atoms with Gasteiger partial charge in [0.1, 0.15) is 5.82 Å². The van der Waals surface area contributed by atoms with Crippen LogP contribution in [0.25, 0.3) is 0 Å². The van der Waals surface area contributed by atoms with Gasteiger partial charge in [0.2, 0.25) is 5.13 Å². The van der Waals surface area contributed by atoms with E-state index in [0.29, 0.717) is 6.54 Å². The Morgan fingerprint density at radius 2 is 1.70 bits per heavy atom. The van der Waals surface area contributed by atoms with Gasteiger partial charge in [0.15, 0.2) is 0 Å². The quantitative estimate of drug-likeness (QED) is 0.414. The minimum absolute atomic E-state index is 0.134. The number of hydrogen-bond acceptors (Lipinski definition) is 5. The third-order valence-corrected chi connectivity index (χ3v) is 7.08. The summed E-state index contributed by atoms with van der Waals surface area (Å²) in [6, 6.07) is 16.8. The van der Waals surface area contributed by atoms with E-state index in [0.717, 1.165) is 55.4 Å². The molecule has 1 fully saturated rings. The van der Waals surface area contributed by atoms with Gasteiger partial charge in [0, 0.05) is 49.7 Å². The Balaban J connectivity index is 1.32. The van der Waals surface area contributed by atoms with Crippen LogP contribution in [0.1, 0.15) is 65.5 Å². The molecule has 0 aliphatic carbocycles. The van der Waals surface area contributed by atoms with Crippen molar-refractivity contribution in [1.29, 1.82) is 0 Å². The summed E-state index contributed by atoms with van der Waals surface area (Å²) < 4.78 is 4.58. The highest BCUT2D eigenvalue weighted by molar-refractivity contribution is 7.09. The van der Waals surface area contributed by atoms with Crippen molar-refractivity contribution in [2.75, 3.05) is 31.1 Å². The molecule has 0 unspecified atom stereocenters. The maximum absolute atomic E-state index is 13.1. The molecule has 1 amide bonds. The molecule has 2 heterocycles. The normalized spacial score (nSPS) is 14.4. The number of nitrogens with zero attached hydrogens (tertiary/aromatic N) is 4. The van der Waals surface area contributed by atoms with Crippen LogP contribution in [0.5, 0.6) is 0 Å². The van der Waals surface area contributed by atoms with Crippen molar-refractivity contribution in [2.45, 2.75) is 52.4 Å². The van der Waals surface area contributed by atoms with Crippen molar-refractivity contribution in [3.63, 3.8) is 0 Å². The van der Waals surface area contributed by atoms with Gasteiger partial charge in [-0.3, -0.25) is 4.79 Å². The zero-order valence-electron chi connectivity index (χ0n) is 19.8. The second-order valence-electron chi connectivity index (χ2n) is 8.94. The molecule has 0 N–H and O–H groups in total. The lowest BCUT2D eigenvalue weighted by atomic mass is 10.0. The summed E-state index contributed by atoms with van der Waals surface area (Å²) in [6.07, 6.45) is 6.48. The lowest BCUT2D eigenvalue weighted by molar-refractivity contribution is 0.0767. The zero-order valence-corrected chi connectivity index (χ0v) is 20.6. The van der Waals surface area contributed by atoms with E-state index in [-0.39, 0.29) is 5.91 Å². The van der Waals surface area contributed by atoms with E-state index in [1.165, 1.54) is 47.5 Å². The third kappa shape index (κ3) is 6.41. The number of aryl methyl sites for hydroxylation is 2. The van der Waals surface area contributed by atoms with Crippen LogP contribution in [0.15, 0.2) is 48.5 Å². The highest BCUT2D eigenvalue weighted by Crippen LogP contribution is 2.21. The van der Waals surface area contributed by atoms with Crippen molar-refractivity contribution in [3.8, 4) is 0 Å². The summed E-state index contributed by atoms with van der Waals surface area (Å²) >= 11 is 1.46. The van der Waals surface area contributed by atoms with Crippen LogP contribution in [-0.4, -0.2) is 46.3 Å². The zero-order chi connectivity index (χ0) is 23.0. The van der Waals surface area contributed by atoms with E-state index in [2.05, 4.69) is 59.5 Å². The van der Waals surface area contributed by atoms with Crippen molar-refractivity contribution in [3.05, 3.63) is 76.6 Å². The van der Waals surface area contributed by atoms with Gasteiger partial charge in [-0.15, -0.1) is 0 Å². The fourth-order valence-electron chi connectivity index (χ4n) is 4.22. The van der Waals surface area contributed by atoms with Crippen molar-refractivity contribution in [1.82, 2.24) is 14.3 Å². The summed E-state index contributed by atoms with van der Waals surface area (Å²) in [4.78, 5) is 22.1. The first-order valence-corrected chi connectivity index (χ1v) is 12.9. The van der Waals surface area contributed by atoms with Gasteiger partial charge in [-0.1, -0.05) is 61.7 Å². The number of anilines is 1. The standard InChI is InChI=1S/C27H34N4OS/c1-3-4-5-7-22-12-14-24(15-13-22)26(32)30-16-6-17-31(19-18-30)27-28-25(29-33-27)20-23-10-8-21(2)9-11-23/h8-15H,3-7,16-20H2,1-2H3. The molecule has 4 rings (SSSR count). The number of unbranched alkanes of at least 4 members (excludes halogenated alkanes) is 2. The van der Waals surface area contributed by atoms with Gasteiger partial charge in [-0.05, 0) is 49.4 Å². The van der Waals surface area contributed by atoms with Gasteiger partial charge in [0.05, 0.1) is 0 Å². The molecule has 0 atom stereocenters. The molecule has 0 radical (unpaired) electrons. The third-order valence-electron chi connectivity index (χ3n) is 6.26. The molecule has 2 aromatic carbocycles. The number of carbonyl (C=O) groups excluding carboxylic acids is 1. The molecule has 5 nitrogen and oxygen atoms in total. The van der Waals surface area contributed by atoms with E-state index in [9.17, 15) is 4.79 Å². The highest BCUT2D eigenvalue weighted by Gasteiger charge is 2.22. The molecule has 0 spiro atoms. The van der Waals surface area contributed by atoms with Gasteiger partial charge in [-0.25, -0.2) is 4.98 Å². The molecule has 33 heavy (non-hydrogen) atoms. The van der Waals surface area contributed by atoms with Crippen LogP contribution in [0.4, 0.5) is 5.13 Å². The topological polar surface area (TPSA) is 49.3 Å². The number of rotatable bonds is 8. The summed E-state index contributed by atoms with van der Waals surface area (Å²) in [5.74, 6) is 1.00. The Bertz CT molecular complexity index is 1030. The van der Waals surface area contributed by atoms with E-state index in [1.807, 2.05) is 17.0 Å². The fraction of sp³-hybridized carbons (Fsp3) is 0.444. The molecule has 0 saturated carbocycles. The smallest absolute Gasteiger partial charge is 0.253 e. The first kappa shape index (κ1) is 23.4. The lowest BCUT2D eigenvalue weighted by Gasteiger charge is -2.21. The number of aromatic nitrogens is 2. The Hall–Kier alpha value is -2.73. The average Bonchev–Trinajstić information content (AvgIpc) is 3.15. The van der Waals surface area contributed by atoms with Crippen LogP contribution in [-0.2, 0) is 12.8 Å². The predicted octanol–water partition coefficient (Wildman–Crippen LogP) is 5.52. The first-order valence-electron chi connectivity index (χ1n) is 12.1. The molecule has 6 heteroatoms. The van der Waals surface area contributed by atoms with E-state index in [1.54, 1.807) is 0 Å². The molecular formula is C27H34N4OS. The molecule has 3 aromatic rings. The van der Waals surface area contributed by atoms with Crippen molar-refractivity contribution >= 4 is 22.6 Å². The maximum Gasteiger partial charge on any atom is 0.253 e. The second kappa shape index (κ2) is 11.4. The minimum Gasteiger partial charge on any atom is -0.345 e. The second-order valence-corrected chi connectivity index (χ2v) is 9.67. The molecule has 1 aliphatic heterocycles. The van der Waals surface area contributed by atoms with E-state index in [4.69, 9.17) is 4.98 Å². The maximum atomic E-state index is 13.1. The number of amides is 1. The van der Waals surface area contributed by atoms with E-state index < -0.39 is 0 Å². The highest BCUT2D eigenvalue weighted by atomic mass is 32.1. The summed E-state index contributed by atoms with van der Waals surface area (Å²) in [7, 11) is 0. The lowest BCUT2D eigenvalue weighted by Crippen LogP contribution is -2.35. The monoisotopic (exact) mass is 462 g/mol. The van der Waals surface area contributed by atoms with E-state index >= 15 is 0 Å². The molecular weight excluding hydrogens is 428 g/mol. The Labute approximate surface area is 201 Å². The van der Waals surface area contributed by atoms with Gasteiger partial charge in [-0.2, -0.15) is 4.37 Å². The Morgan fingerprint density at radius 3 is 2.45 bits per heavy atom. The summed E-state index contributed by atoms with van der Waals surface area (Å²) in [5.41, 5.74) is 4.60. The average molecular weight is 463 g/mol.